The Bertz CT molecular complexity index is 558. The van der Waals surface area contributed by atoms with Crippen LogP contribution in [0.4, 0.5) is 0 Å². The average molecular weight is 278 g/mol. The zero-order valence-corrected chi connectivity index (χ0v) is 11.4. The minimum Gasteiger partial charge on any atom is -0.481 e. The van der Waals surface area contributed by atoms with Gasteiger partial charge in [0.2, 0.25) is 5.91 Å². The second-order valence-electron chi connectivity index (χ2n) is 6.05. The zero-order valence-electron chi connectivity index (χ0n) is 11.4. The van der Waals surface area contributed by atoms with Gasteiger partial charge in [0.25, 0.3) is 0 Å². The monoisotopic (exact) mass is 278 g/mol. The average Bonchev–Trinajstić information content (AvgIpc) is 3.10. The van der Waals surface area contributed by atoms with Crippen molar-refractivity contribution < 1.29 is 14.7 Å². The first-order valence-corrected chi connectivity index (χ1v) is 6.83. The lowest BCUT2D eigenvalue weighted by molar-refractivity contribution is -0.148. The number of carbonyl (C=O) groups is 2. The summed E-state index contributed by atoms with van der Waals surface area (Å²) in [4.78, 5) is 25.2. The van der Waals surface area contributed by atoms with E-state index in [2.05, 4.69) is 15.5 Å². The Morgan fingerprint density at radius 1 is 1.35 bits per heavy atom. The second-order valence-corrected chi connectivity index (χ2v) is 6.05. The van der Waals surface area contributed by atoms with Crippen molar-refractivity contribution in [3.8, 4) is 0 Å². The molecule has 1 aromatic rings. The minimum atomic E-state index is -0.751. The highest BCUT2D eigenvalue weighted by atomic mass is 16.4. The van der Waals surface area contributed by atoms with Crippen molar-refractivity contribution in [1.29, 1.82) is 0 Å². The summed E-state index contributed by atoms with van der Waals surface area (Å²) < 4.78 is 0. The molecule has 7 heteroatoms. The predicted octanol–water partition coefficient (Wildman–Crippen LogP) is 0.466. The number of aromatic nitrogens is 3. The van der Waals surface area contributed by atoms with Crippen LogP contribution < -0.4 is 5.32 Å². The predicted molar refractivity (Wildman–Crippen MR) is 68.4 cm³/mol. The van der Waals surface area contributed by atoms with E-state index in [-0.39, 0.29) is 5.91 Å². The van der Waals surface area contributed by atoms with Gasteiger partial charge in [0.05, 0.1) is 23.6 Å². The van der Waals surface area contributed by atoms with E-state index in [1.165, 1.54) is 4.80 Å². The van der Waals surface area contributed by atoms with E-state index in [0.717, 1.165) is 0 Å². The van der Waals surface area contributed by atoms with Crippen LogP contribution in [0.2, 0.25) is 0 Å². The van der Waals surface area contributed by atoms with Gasteiger partial charge in [-0.25, -0.2) is 0 Å². The Labute approximate surface area is 116 Å². The second kappa shape index (κ2) is 4.29. The van der Waals surface area contributed by atoms with Crippen LogP contribution in [0.25, 0.3) is 0 Å². The van der Waals surface area contributed by atoms with Gasteiger partial charge >= 0.3 is 5.97 Å². The van der Waals surface area contributed by atoms with Crippen molar-refractivity contribution in [2.75, 3.05) is 0 Å². The molecule has 2 saturated carbocycles. The van der Waals surface area contributed by atoms with Gasteiger partial charge in [-0.05, 0) is 32.1 Å². The zero-order chi connectivity index (χ0) is 14.4. The molecular weight excluding hydrogens is 260 g/mol. The van der Waals surface area contributed by atoms with Crippen LogP contribution in [0, 0.1) is 10.8 Å². The van der Waals surface area contributed by atoms with Crippen LogP contribution >= 0.6 is 0 Å². The fourth-order valence-electron chi connectivity index (χ4n) is 3.63. The highest BCUT2D eigenvalue weighted by molar-refractivity contribution is 5.87. The number of carbonyl (C=O) groups excluding carboxylic acids is 1. The summed E-state index contributed by atoms with van der Waals surface area (Å²) in [6.07, 6.45) is 4.66. The van der Waals surface area contributed by atoms with E-state index in [4.69, 9.17) is 0 Å². The Balaban J connectivity index is 1.65. The number of nitrogens with zero attached hydrogens (tertiary/aromatic N) is 3. The fraction of sp³-hybridized carbons (Fsp3) is 0.692. The quantitative estimate of drug-likeness (QED) is 0.834. The van der Waals surface area contributed by atoms with Crippen LogP contribution in [-0.4, -0.2) is 32.0 Å². The molecule has 0 radical (unpaired) electrons. The standard InChI is InChI=1S/C13H18N4O3/c1-17-15-7-9(16-17)6-14-10(18)12-2-4-13(8-12,5-3-12)11(19)20/h7H,2-6,8H2,1H3,(H,14,18)(H,19,20). The minimum absolute atomic E-state index is 0.0382. The Hall–Kier alpha value is -1.92. The first-order chi connectivity index (χ1) is 9.46. The Kier molecular flexibility index (Phi) is 2.81. The largest absolute Gasteiger partial charge is 0.481 e. The lowest BCUT2D eigenvalue weighted by Crippen LogP contribution is -2.37. The molecule has 3 rings (SSSR count). The molecule has 2 bridgehead atoms. The molecule has 108 valence electrons. The maximum absolute atomic E-state index is 12.4. The third kappa shape index (κ3) is 1.88. The summed E-state index contributed by atoms with van der Waals surface area (Å²) >= 11 is 0. The molecule has 2 fully saturated rings. The van der Waals surface area contributed by atoms with Gasteiger partial charge in [-0.1, -0.05) is 0 Å². The van der Waals surface area contributed by atoms with Gasteiger partial charge in [-0.2, -0.15) is 15.0 Å². The van der Waals surface area contributed by atoms with Gasteiger partial charge in [0, 0.05) is 7.05 Å². The fourth-order valence-corrected chi connectivity index (χ4v) is 3.63. The molecule has 2 N–H and O–H groups in total. The highest BCUT2D eigenvalue weighted by Crippen LogP contribution is 2.61. The molecule has 2 aliphatic carbocycles. The number of rotatable bonds is 4. The number of aliphatic carboxylic acids is 1. The molecule has 0 unspecified atom stereocenters. The summed E-state index contributed by atoms with van der Waals surface area (Å²) in [5.41, 5.74) is -0.442. The highest BCUT2D eigenvalue weighted by Gasteiger charge is 2.61. The third-order valence-electron chi connectivity index (χ3n) is 4.85. The summed E-state index contributed by atoms with van der Waals surface area (Å²) in [6.45, 7) is 0.342. The number of carboxylic acids is 1. The van der Waals surface area contributed by atoms with E-state index in [9.17, 15) is 14.7 Å². The van der Waals surface area contributed by atoms with Gasteiger partial charge < -0.3 is 10.4 Å². The van der Waals surface area contributed by atoms with Crippen LogP contribution in [-0.2, 0) is 23.2 Å². The summed E-state index contributed by atoms with van der Waals surface area (Å²) in [7, 11) is 1.72. The van der Waals surface area contributed by atoms with Gasteiger partial charge in [-0.15, -0.1) is 0 Å². The molecule has 7 nitrogen and oxygen atoms in total. The van der Waals surface area contributed by atoms with Crippen molar-refractivity contribution in [2.24, 2.45) is 17.9 Å². The van der Waals surface area contributed by atoms with E-state index < -0.39 is 16.8 Å². The van der Waals surface area contributed by atoms with Crippen LogP contribution in [0.15, 0.2) is 6.20 Å². The SMILES string of the molecule is Cn1ncc(CNC(=O)C23CCC(C(=O)O)(CC2)C3)n1. The molecule has 1 heterocycles. The van der Waals surface area contributed by atoms with Crippen molar-refractivity contribution in [3.63, 3.8) is 0 Å². The number of nitrogens with one attached hydrogen (secondary N) is 1. The summed E-state index contributed by atoms with van der Waals surface area (Å²) in [5.74, 6) is -0.789. The molecule has 20 heavy (non-hydrogen) atoms. The summed E-state index contributed by atoms with van der Waals surface area (Å²) in [5, 5.41) is 20.3. The number of aryl methyl sites for hydroxylation is 1. The van der Waals surface area contributed by atoms with E-state index in [1.54, 1.807) is 13.2 Å². The molecule has 1 aromatic heterocycles. The van der Waals surface area contributed by atoms with Gasteiger partial charge in [0.15, 0.2) is 0 Å². The Morgan fingerprint density at radius 2 is 2.00 bits per heavy atom. The van der Waals surface area contributed by atoms with E-state index in [0.29, 0.717) is 44.3 Å². The normalized spacial score (nSPS) is 31.4. The number of hydrogen-bond donors (Lipinski definition) is 2. The van der Waals surface area contributed by atoms with Crippen LogP contribution in [0.3, 0.4) is 0 Å². The smallest absolute Gasteiger partial charge is 0.309 e. The number of carboxylic acid groups (broad SMARTS) is 1. The lowest BCUT2D eigenvalue weighted by atomic mass is 9.81. The number of hydrogen-bond acceptors (Lipinski definition) is 4. The Morgan fingerprint density at radius 3 is 2.50 bits per heavy atom. The van der Waals surface area contributed by atoms with Gasteiger partial charge in [0.1, 0.15) is 5.69 Å². The van der Waals surface area contributed by atoms with E-state index >= 15 is 0 Å². The molecule has 2 aliphatic rings. The molecule has 0 spiro atoms. The topological polar surface area (TPSA) is 97.1 Å². The molecule has 0 atom stereocenters. The maximum atomic E-state index is 12.4. The molecule has 1 amide bonds. The molecule has 0 saturated heterocycles. The van der Waals surface area contributed by atoms with Gasteiger partial charge in [-0.3, -0.25) is 9.59 Å². The molecule has 0 aromatic carbocycles. The maximum Gasteiger partial charge on any atom is 0.309 e. The van der Waals surface area contributed by atoms with Crippen molar-refractivity contribution in [3.05, 3.63) is 11.9 Å². The van der Waals surface area contributed by atoms with Crippen LogP contribution in [0.5, 0.6) is 0 Å². The first kappa shape index (κ1) is 13.1. The first-order valence-electron chi connectivity index (χ1n) is 6.83. The number of fused-ring (bicyclic) bond motifs is 2. The van der Waals surface area contributed by atoms with Crippen molar-refractivity contribution in [1.82, 2.24) is 20.3 Å². The van der Waals surface area contributed by atoms with Crippen molar-refractivity contribution >= 4 is 11.9 Å². The molecule has 0 aliphatic heterocycles. The third-order valence-corrected chi connectivity index (χ3v) is 4.85. The number of amides is 1. The van der Waals surface area contributed by atoms with Crippen molar-refractivity contribution in [2.45, 2.75) is 38.6 Å². The summed E-state index contributed by atoms with van der Waals surface area (Å²) in [6, 6.07) is 0. The van der Waals surface area contributed by atoms with Crippen LogP contribution in [0.1, 0.15) is 37.8 Å². The van der Waals surface area contributed by atoms with E-state index in [1.807, 2.05) is 0 Å². The lowest BCUT2D eigenvalue weighted by Gasteiger charge is -2.25. The molecular formula is C13H18N4O3.